The molecule has 96 valence electrons. The summed E-state index contributed by atoms with van der Waals surface area (Å²) < 4.78 is 4.59. The highest BCUT2D eigenvalue weighted by Crippen LogP contribution is 2.36. The van der Waals surface area contributed by atoms with Crippen molar-refractivity contribution in [1.82, 2.24) is 5.32 Å². The molecule has 4 nitrogen and oxygen atoms in total. The Hall–Kier alpha value is -0.710. The lowest BCUT2D eigenvalue weighted by Gasteiger charge is -2.32. The van der Waals surface area contributed by atoms with Gasteiger partial charge in [-0.3, -0.25) is 9.79 Å². The van der Waals surface area contributed by atoms with Gasteiger partial charge in [-0.15, -0.1) is 0 Å². The van der Waals surface area contributed by atoms with Crippen LogP contribution in [0.25, 0.3) is 0 Å². The van der Waals surface area contributed by atoms with Gasteiger partial charge in [0.15, 0.2) is 5.17 Å². The molecule has 1 N–H and O–H groups in total. The number of hydrogen-bond donors (Lipinski definition) is 1. The van der Waals surface area contributed by atoms with Gasteiger partial charge >= 0.3 is 5.97 Å². The first-order valence-electron chi connectivity index (χ1n) is 6.26. The summed E-state index contributed by atoms with van der Waals surface area (Å²) in [5.74, 6) is 0.939. The minimum absolute atomic E-state index is 0.190. The fourth-order valence-electron chi connectivity index (χ4n) is 2.44. The molecule has 2 fully saturated rings. The standard InChI is InChI=1S/C12H20N2O2S/c1-16-10(15)5-8-13-11-14-12(9-17-11)6-3-2-4-7-12/h2-9H2,1H3,(H,13,14). The third kappa shape index (κ3) is 3.37. The summed E-state index contributed by atoms with van der Waals surface area (Å²) in [6.07, 6.45) is 6.90. The molecule has 0 aromatic heterocycles. The third-order valence-electron chi connectivity index (χ3n) is 3.47. The van der Waals surface area contributed by atoms with Gasteiger partial charge in [-0.1, -0.05) is 31.0 Å². The Kier molecular flexibility index (Phi) is 4.31. The zero-order valence-corrected chi connectivity index (χ0v) is 11.1. The second-order valence-electron chi connectivity index (χ2n) is 4.77. The SMILES string of the molecule is COC(=O)CCN=C1NC2(CCCCC2)CS1. The smallest absolute Gasteiger partial charge is 0.307 e. The number of nitrogens with zero attached hydrogens (tertiary/aromatic N) is 1. The van der Waals surface area contributed by atoms with Crippen molar-refractivity contribution in [2.45, 2.75) is 44.1 Å². The van der Waals surface area contributed by atoms with Gasteiger partial charge in [0, 0.05) is 11.3 Å². The topological polar surface area (TPSA) is 50.7 Å². The fourth-order valence-corrected chi connectivity index (χ4v) is 3.68. The number of amidine groups is 1. The Morgan fingerprint density at radius 2 is 2.24 bits per heavy atom. The summed E-state index contributed by atoms with van der Waals surface area (Å²) in [7, 11) is 1.41. The van der Waals surface area contributed by atoms with E-state index in [1.54, 1.807) is 11.8 Å². The predicted molar refractivity (Wildman–Crippen MR) is 70.3 cm³/mol. The second-order valence-corrected chi connectivity index (χ2v) is 5.73. The van der Waals surface area contributed by atoms with Gasteiger partial charge in [0.05, 0.1) is 20.1 Å². The van der Waals surface area contributed by atoms with Crippen molar-refractivity contribution in [1.29, 1.82) is 0 Å². The van der Waals surface area contributed by atoms with E-state index in [-0.39, 0.29) is 5.97 Å². The van der Waals surface area contributed by atoms with E-state index in [1.165, 1.54) is 39.2 Å². The van der Waals surface area contributed by atoms with Gasteiger partial charge in [0.25, 0.3) is 0 Å². The maximum absolute atomic E-state index is 11.0. The van der Waals surface area contributed by atoms with E-state index in [1.807, 2.05) is 0 Å². The minimum atomic E-state index is -0.190. The molecule has 0 amide bonds. The van der Waals surface area contributed by atoms with Crippen molar-refractivity contribution in [3.05, 3.63) is 0 Å². The van der Waals surface area contributed by atoms with Gasteiger partial charge in [-0.2, -0.15) is 0 Å². The summed E-state index contributed by atoms with van der Waals surface area (Å²) >= 11 is 1.79. The highest BCUT2D eigenvalue weighted by atomic mass is 32.2. The molecule has 0 aromatic carbocycles. The number of methoxy groups -OCH3 is 1. The van der Waals surface area contributed by atoms with Gasteiger partial charge in [0.2, 0.25) is 0 Å². The van der Waals surface area contributed by atoms with E-state index >= 15 is 0 Å². The number of aliphatic imine (C=N–C) groups is 1. The van der Waals surface area contributed by atoms with E-state index < -0.39 is 0 Å². The molecule has 1 heterocycles. The fraction of sp³-hybridized carbons (Fsp3) is 0.833. The molecule has 0 bridgehead atoms. The maximum atomic E-state index is 11.0. The van der Waals surface area contributed by atoms with Crippen LogP contribution >= 0.6 is 11.8 Å². The molecule has 0 aromatic rings. The van der Waals surface area contributed by atoms with E-state index in [2.05, 4.69) is 15.0 Å². The summed E-state index contributed by atoms with van der Waals surface area (Å²) in [5, 5.41) is 4.57. The first kappa shape index (κ1) is 12.7. The van der Waals surface area contributed by atoms with E-state index in [9.17, 15) is 4.79 Å². The van der Waals surface area contributed by atoms with Gasteiger partial charge in [0.1, 0.15) is 0 Å². The van der Waals surface area contributed by atoms with Gasteiger partial charge in [-0.25, -0.2) is 0 Å². The Morgan fingerprint density at radius 1 is 1.47 bits per heavy atom. The van der Waals surface area contributed by atoms with Crippen molar-refractivity contribution in [3.8, 4) is 0 Å². The number of rotatable bonds is 3. The molecular weight excluding hydrogens is 236 g/mol. The highest BCUT2D eigenvalue weighted by Gasteiger charge is 2.37. The number of carbonyl (C=O) groups excluding carboxylic acids is 1. The average molecular weight is 256 g/mol. The minimum Gasteiger partial charge on any atom is -0.469 e. The Morgan fingerprint density at radius 3 is 2.94 bits per heavy atom. The van der Waals surface area contributed by atoms with Crippen LogP contribution < -0.4 is 5.32 Å². The molecule has 1 saturated carbocycles. The average Bonchev–Trinajstić information content (AvgIpc) is 2.73. The number of thioether (sulfide) groups is 1. The molecule has 5 heteroatoms. The number of esters is 1. The van der Waals surface area contributed by atoms with Crippen molar-refractivity contribution in [2.24, 2.45) is 4.99 Å². The molecule has 1 aliphatic carbocycles. The Balaban J connectivity index is 1.80. The lowest BCUT2D eigenvalue weighted by atomic mass is 9.83. The van der Waals surface area contributed by atoms with Gasteiger partial charge in [-0.05, 0) is 12.8 Å². The van der Waals surface area contributed by atoms with Crippen molar-refractivity contribution >= 4 is 22.9 Å². The Bertz CT molecular complexity index is 312. The van der Waals surface area contributed by atoms with Crippen LogP contribution in [0.2, 0.25) is 0 Å². The molecule has 1 spiro atoms. The summed E-state index contributed by atoms with van der Waals surface area (Å²) in [4.78, 5) is 15.4. The van der Waals surface area contributed by atoms with Crippen LogP contribution in [0.4, 0.5) is 0 Å². The van der Waals surface area contributed by atoms with Crippen LogP contribution in [0.1, 0.15) is 38.5 Å². The molecule has 1 aliphatic heterocycles. The normalized spacial score (nSPS) is 24.9. The molecule has 17 heavy (non-hydrogen) atoms. The van der Waals surface area contributed by atoms with Crippen LogP contribution in [-0.4, -0.2) is 36.1 Å². The summed E-state index contributed by atoms with van der Waals surface area (Å²) in [5.41, 5.74) is 0.299. The Labute approximate surface area is 107 Å². The van der Waals surface area contributed by atoms with E-state index in [0.717, 1.165) is 10.9 Å². The zero-order chi connectivity index (χ0) is 12.1. The largest absolute Gasteiger partial charge is 0.469 e. The molecule has 2 rings (SSSR count). The van der Waals surface area contributed by atoms with E-state index in [0.29, 0.717) is 18.5 Å². The number of carbonyl (C=O) groups is 1. The lowest BCUT2D eigenvalue weighted by molar-refractivity contribution is -0.140. The molecule has 0 atom stereocenters. The molecule has 1 saturated heterocycles. The number of hydrogen-bond acceptors (Lipinski definition) is 4. The number of ether oxygens (including phenoxy) is 1. The molecular formula is C12H20N2O2S. The second kappa shape index (κ2) is 5.76. The molecule has 0 radical (unpaired) electrons. The third-order valence-corrected chi connectivity index (χ3v) is 4.67. The highest BCUT2D eigenvalue weighted by molar-refractivity contribution is 8.14. The maximum Gasteiger partial charge on any atom is 0.307 e. The molecule has 2 aliphatic rings. The van der Waals surface area contributed by atoms with Crippen LogP contribution in [0.15, 0.2) is 4.99 Å². The van der Waals surface area contributed by atoms with Crippen LogP contribution in [0, 0.1) is 0 Å². The quantitative estimate of drug-likeness (QED) is 0.784. The summed E-state index contributed by atoms with van der Waals surface area (Å²) in [6, 6.07) is 0. The van der Waals surface area contributed by atoms with Crippen molar-refractivity contribution in [3.63, 3.8) is 0 Å². The van der Waals surface area contributed by atoms with Crippen LogP contribution in [-0.2, 0) is 9.53 Å². The lowest BCUT2D eigenvalue weighted by Crippen LogP contribution is -2.45. The van der Waals surface area contributed by atoms with Crippen LogP contribution in [0.5, 0.6) is 0 Å². The monoisotopic (exact) mass is 256 g/mol. The summed E-state index contributed by atoms with van der Waals surface area (Å²) in [6.45, 7) is 0.526. The zero-order valence-electron chi connectivity index (χ0n) is 10.3. The van der Waals surface area contributed by atoms with Gasteiger partial charge < -0.3 is 10.1 Å². The van der Waals surface area contributed by atoms with Crippen LogP contribution in [0.3, 0.4) is 0 Å². The van der Waals surface area contributed by atoms with Crippen molar-refractivity contribution in [2.75, 3.05) is 19.4 Å². The predicted octanol–water partition coefficient (Wildman–Crippen LogP) is 1.94. The van der Waals surface area contributed by atoms with E-state index in [4.69, 9.17) is 0 Å². The first-order chi connectivity index (χ1) is 8.24. The van der Waals surface area contributed by atoms with Crippen molar-refractivity contribution < 1.29 is 9.53 Å². The number of nitrogens with one attached hydrogen (secondary N) is 1. The first-order valence-corrected chi connectivity index (χ1v) is 7.25. The molecule has 0 unspecified atom stereocenters.